The van der Waals surface area contributed by atoms with Crippen molar-refractivity contribution >= 4 is 11.7 Å². The van der Waals surface area contributed by atoms with Gasteiger partial charge >= 0.3 is 5.97 Å². The Morgan fingerprint density at radius 3 is 2.67 bits per heavy atom. The molecule has 0 fully saturated rings. The molecule has 0 saturated carbocycles. The lowest BCUT2D eigenvalue weighted by Gasteiger charge is -2.25. The third-order valence-corrected chi connectivity index (χ3v) is 5.13. The van der Waals surface area contributed by atoms with E-state index in [1.54, 1.807) is 13.3 Å². The van der Waals surface area contributed by atoms with Crippen molar-refractivity contribution in [3.63, 3.8) is 0 Å². The first-order valence-electron chi connectivity index (χ1n) is 10.4. The standard InChI is InChI=1S/C23H31N3O4/c1-7-25(14-16-10-15(2)11-17(12-16)29-6)19-13-24-20-9-8-18(26(20)21(19)27)22(28)30-23(3,4)5/h10-13,18H,7-9,14H2,1-6H3/t18-/m0/s1. The molecule has 1 aliphatic heterocycles. The minimum atomic E-state index is -0.628. The van der Waals surface area contributed by atoms with Gasteiger partial charge in [0.05, 0.1) is 13.3 Å². The summed E-state index contributed by atoms with van der Waals surface area (Å²) in [6.45, 7) is 10.7. The number of methoxy groups -OCH3 is 1. The zero-order valence-corrected chi connectivity index (χ0v) is 18.7. The number of hydrogen-bond acceptors (Lipinski definition) is 6. The quantitative estimate of drug-likeness (QED) is 0.676. The summed E-state index contributed by atoms with van der Waals surface area (Å²) < 4.78 is 12.4. The van der Waals surface area contributed by atoms with Crippen LogP contribution in [0.2, 0.25) is 0 Å². The number of nitrogens with zero attached hydrogens (tertiary/aromatic N) is 3. The van der Waals surface area contributed by atoms with Crippen LogP contribution in [0.15, 0.2) is 29.2 Å². The molecule has 0 amide bonds. The Balaban J connectivity index is 1.93. The fourth-order valence-corrected chi connectivity index (χ4v) is 3.83. The molecule has 1 aromatic carbocycles. The van der Waals surface area contributed by atoms with E-state index in [1.165, 1.54) is 4.57 Å². The SMILES string of the molecule is CCN(Cc1cc(C)cc(OC)c1)c1cnc2n(c1=O)[C@H](C(=O)OC(C)(C)C)CC2. The van der Waals surface area contributed by atoms with Gasteiger partial charge in [-0.1, -0.05) is 6.07 Å². The molecule has 0 saturated heterocycles. The maximum Gasteiger partial charge on any atom is 0.329 e. The van der Waals surface area contributed by atoms with Crippen LogP contribution >= 0.6 is 0 Å². The van der Waals surface area contributed by atoms with E-state index in [4.69, 9.17) is 9.47 Å². The van der Waals surface area contributed by atoms with Crippen molar-refractivity contribution in [3.05, 3.63) is 51.7 Å². The smallest absolute Gasteiger partial charge is 0.329 e. The number of rotatable bonds is 6. The normalized spacial score (nSPS) is 15.6. The molecule has 0 radical (unpaired) electrons. The molecule has 162 valence electrons. The highest BCUT2D eigenvalue weighted by molar-refractivity contribution is 5.75. The Morgan fingerprint density at radius 1 is 1.30 bits per heavy atom. The Morgan fingerprint density at radius 2 is 2.03 bits per heavy atom. The number of benzene rings is 1. The van der Waals surface area contributed by atoms with Gasteiger partial charge in [0, 0.05) is 19.5 Å². The summed E-state index contributed by atoms with van der Waals surface area (Å²) in [5.41, 5.74) is 1.82. The van der Waals surface area contributed by atoms with Crippen molar-refractivity contribution in [1.29, 1.82) is 0 Å². The predicted molar refractivity (Wildman–Crippen MR) is 116 cm³/mol. The number of aryl methyl sites for hydroxylation is 2. The first-order chi connectivity index (χ1) is 14.1. The summed E-state index contributed by atoms with van der Waals surface area (Å²) in [5, 5.41) is 0. The Labute approximate surface area is 177 Å². The van der Waals surface area contributed by atoms with Crippen molar-refractivity contribution in [3.8, 4) is 5.75 Å². The highest BCUT2D eigenvalue weighted by Gasteiger charge is 2.34. The molecule has 0 bridgehead atoms. The number of anilines is 1. The second-order valence-corrected chi connectivity index (χ2v) is 8.70. The highest BCUT2D eigenvalue weighted by Crippen LogP contribution is 2.27. The maximum atomic E-state index is 13.4. The maximum absolute atomic E-state index is 13.4. The molecule has 0 unspecified atom stereocenters. The molecule has 2 aromatic rings. The zero-order chi connectivity index (χ0) is 22.1. The second-order valence-electron chi connectivity index (χ2n) is 8.70. The second kappa shape index (κ2) is 8.50. The van der Waals surface area contributed by atoms with E-state index >= 15 is 0 Å². The van der Waals surface area contributed by atoms with Crippen LogP contribution in [-0.4, -0.2) is 34.8 Å². The number of carbonyl (C=O) groups is 1. The van der Waals surface area contributed by atoms with Crippen LogP contribution in [0.5, 0.6) is 5.75 Å². The molecular formula is C23H31N3O4. The molecule has 1 atom stereocenters. The number of ether oxygens (including phenoxy) is 2. The Kier molecular flexibility index (Phi) is 6.19. The van der Waals surface area contributed by atoms with Gasteiger partial charge < -0.3 is 14.4 Å². The van der Waals surface area contributed by atoms with Crippen LogP contribution in [0.4, 0.5) is 5.69 Å². The van der Waals surface area contributed by atoms with Crippen molar-refractivity contribution in [1.82, 2.24) is 9.55 Å². The monoisotopic (exact) mass is 413 g/mol. The van der Waals surface area contributed by atoms with Crippen LogP contribution in [0, 0.1) is 6.92 Å². The molecule has 3 rings (SSSR count). The fraction of sp³-hybridized carbons (Fsp3) is 0.522. The van der Waals surface area contributed by atoms with Gasteiger partial charge in [-0.3, -0.25) is 9.36 Å². The van der Waals surface area contributed by atoms with E-state index in [0.29, 0.717) is 37.4 Å². The van der Waals surface area contributed by atoms with Gasteiger partial charge in [-0.05, 0) is 64.3 Å². The first kappa shape index (κ1) is 21.9. The Bertz CT molecular complexity index is 991. The van der Waals surface area contributed by atoms with Crippen LogP contribution in [0.1, 0.15) is 57.1 Å². The van der Waals surface area contributed by atoms with Crippen molar-refractivity contribution in [2.45, 2.75) is 65.6 Å². The van der Waals surface area contributed by atoms with Crippen molar-refractivity contribution < 1.29 is 14.3 Å². The fourth-order valence-electron chi connectivity index (χ4n) is 3.83. The molecule has 7 nitrogen and oxygen atoms in total. The summed E-state index contributed by atoms with van der Waals surface area (Å²) in [7, 11) is 1.64. The van der Waals surface area contributed by atoms with E-state index in [-0.39, 0.29) is 11.5 Å². The third-order valence-electron chi connectivity index (χ3n) is 5.13. The average molecular weight is 414 g/mol. The van der Waals surface area contributed by atoms with Gasteiger partial charge in [0.25, 0.3) is 5.56 Å². The van der Waals surface area contributed by atoms with Crippen LogP contribution < -0.4 is 15.2 Å². The average Bonchev–Trinajstić information content (AvgIpc) is 3.10. The topological polar surface area (TPSA) is 73.7 Å². The van der Waals surface area contributed by atoms with E-state index in [1.807, 2.05) is 51.7 Å². The molecule has 0 aliphatic carbocycles. The molecule has 30 heavy (non-hydrogen) atoms. The van der Waals surface area contributed by atoms with E-state index in [0.717, 1.165) is 16.9 Å². The minimum Gasteiger partial charge on any atom is -0.497 e. The number of hydrogen-bond donors (Lipinski definition) is 0. The van der Waals surface area contributed by atoms with Gasteiger partial charge in [-0.2, -0.15) is 0 Å². The van der Waals surface area contributed by atoms with E-state index < -0.39 is 11.6 Å². The minimum absolute atomic E-state index is 0.199. The van der Waals surface area contributed by atoms with Gasteiger partial charge in [0.2, 0.25) is 0 Å². The summed E-state index contributed by atoms with van der Waals surface area (Å²) in [6.07, 6.45) is 2.74. The lowest BCUT2D eigenvalue weighted by Crippen LogP contribution is -2.37. The van der Waals surface area contributed by atoms with Gasteiger partial charge in [-0.15, -0.1) is 0 Å². The number of carbonyl (C=O) groups excluding carboxylic acids is 1. The van der Waals surface area contributed by atoms with Gasteiger partial charge in [0.1, 0.15) is 28.9 Å². The largest absolute Gasteiger partial charge is 0.497 e. The number of aromatic nitrogens is 2. The van der Waals surface area contributed by atoms with Crippen molar-refractivity contribution in [2.75, 3.05) is 18.6 Å². The molecular weight excluding hydrogens is 382 g/mol. The van der Waals surface area contributed by atoms with E-state index in [9.17, 15) is 9.59 Å². The van der Waals surface area contributed by atoms with Crippen LogP contribution in [0.3, 0.4) is 0 Å². The van der Waals surface area contributed by atoms with Crippen LogP contribution in [-0.2, 0) is 22.5 Å². The molecule has 0 spiro atoms. The third kappa shape index (κ3) is 4.66. The summed E-state index contributed by atoms with van der Waals surface area (Å²) in [6, 6.07) is 5.39. The van der Waals surface area contributed by atoms with E-state index in [2.05, 4.69) is 11.1 Å². The highest BCUT2D eigenvalue weighted by atomic mass is 16.6. The molecule has 0 N–H and O–H groups in total. The van der Waals surface area contributed by atoms with Crippen LogP contribution in [0.25, 0.3) is 0 Å². The van der Waals surface area contributed by atoms with Gasteiger partial charge in [-0.25, -0.2) is 9.78 Å². The molecule has 1 aromatic heterocycles. The summed E-state index contributed by atoms with van der Waals surface area (Å²) in [5.74, 6) is 1.04. The first-order valence-corrected chi connectivity index (χ1v) is 10.4. The lowest BCUT2D eigenvalue weighted by molar-refractivity contribution is -0.158. The summed E-state index contributed by atoms with van der Waals surface area (Å²) >= 11 is 0. The molecule has 1 aliphatic rings. The van der Waals surface area contributed by atoms with Gasteiger partial charge in [0.15, 0.2) is 0 Å². The number of fused-ring (bicyclic) bond motifs is 1. The van der Waals surface area contributed by atoms with Crippen molar-refractivity contribution in [2.24, 2.45) is 0 Å². The summed E-state index contributed by atoms with van der Waals surface area (Å²) in [4.78, 5) is 32.5. The zero-order valence-electron chi connectivity index (χ0n) is 18.7. The molecule has 2 heterocycles. The Hall–Kier alpha value is -2.83. The molecule has 7 heteroatoms. The lowest BCUT2D eigenvalue weighted by atomic mass is 10.1. The number of esters is 1. The predicted octanol–water partition coefficient (Wildman–Crippen LogP) is 3.42.